The average Bonchev–Trinajstić information content (AvgIpc) is 3.22. The van der Waals surface area contributed by atoms with Crippen LogP contribution in [-0.2, 0) is 28.7 Å². The van der Waals surface area contributed by atoms with Gasteiger partial charge in [0.25, 0.3) is 0 Å². The van der Waals surface area contributed by atoms with Gasteiger partial charge in [-0.05, 0) is 84.6 Å². The fourth-order valence-electron chi connectivity index (χ4n) is 7.00. The molecule has 0 saturated heterocycles. The van der Waals surface area contributed by atoms with Crippen molar-refractivity contribution in [3.05, 3.63) is 0 Å². The fraction of sp³-hybridized carbons (Fsp3) is 0.929. The maximum atomic E-state index is 10.9. The van der Waals surface area contributed by atoms with Gasteiger partial charge in [0, 0.05) is 74.7 Å². The first-order chi connectivity index (χ1) is 32.2. The van der Waals surface area contributed by atoms with Crippen molar-refractivity contribution in [2.75, 3.05) is 28.3 Å². The Hall–Kier alpha value is -1.59. The molecule has 0 aliphatic carbocycles. The van der Waals surface area contributed by atoms with Gasteiger partial charge in [-0.1, -0.05) is 279 Å². The summed E-state index contributed by atoms with van der Waals surface area (Å²) in [4.78, 5) is 39.2. The summed E-state index contributed by atoms with van der Waals surface area (Å²) in [5.74, 6) is 7.37. The number of rotatable bonds is 20. The molecule has 0 aliphatic rings. The van der Waals surface area contributed by atoms with Crippen LogP contribution in [0, 0.1) is 94.7 Å². The highest BCUT2D eigenvalue weighted by molar-refractivity contribution is 7.80. The van der Waals surface area contributed by atoms with Gasteiger partial charge >= 0.3 is 0 Å². The molecule has 0 unspecified atom stereocenters. The zero-order valence-electron chi connectivity index (χ0n) is 55.6. The lowest BCUT2D eigenvalue weighted by Crippen LogP contribution is -2.44. The van der Waals surface area contributed by atoms with Crippen LogP contribution in [0.5, 0.6) is 0 Å². The largest absolute Gasteiger partial charge is 0.353 e. The molecule has 0 heterocycles. The highest BCUT2D eigenvalue weighted by Gasteiger charge is 2.37. The number of methoxy groups -OCH3 is 2. The molecule has 0 rings (SSSR count). The molecule has 0 atom stereocenters. The van der Waals surface area contributed by atoms with Gasteiger partial charge in [-0.3, -0.25) is 24.4 Å². The molecule has 0 aromatic carbocycles. The lowest BCUT2D eigenvalue weighted by atomic mass is 9.88. The first kappa shape index (κ1) is 121. The molecule has 0 saturated carbocycles. The summed E-state index contributed by atoms with van der Waals surface area (Å²) in [6.45, 7) is 71.2. The van der Waals surface area contributed by atoms with Crippen LogP contribution in [0.1, 0.15) is 295 Å². The van der Waals surface area contributed by atoms with E-state index < -0.39 is 5.79 Å². The van der Waals surface area contributed by atoms with Gasteiger partial charge in [-0.15, -0.1) is 0 Å². The van der Waals surface area contributed by atoms with E-state index >= 15 is 0 Å². The van der Waals surface area contributed by atoms with Gasteiger partial charge in [0.1, 0.15) is 5.78 Å². The number of nitrogens with zero attached hydrogens (tertiary/aromatic N) is 2. The molecule has 0 aliphatic heterocycles. The number of hydroxylamine groups is 3. The van der Waals surface area contributed by atoms with Crippen molar-refractivity contribution in [2.45, 2.75) is 313 Å². The minimum Gasteiger partial charge on any atom is -0.353 e. The summed E-state index contributed by atoms with van der Waals surface area (Å²) in [5.41, 5.74) is 1.08. The van der Waals surface area contributed by atoms with Gasteiger partial charge in [0.2, 0.25) is 17.3 Å². The molecule has 0 fully saturated rings. The highest BCUT2D eigenvalue weighted by atomic mass is 32.1. The second kappa shape index (κ2) is 66.5. The molecule has 502 valence electrons. The normalized spacial score (nSPS) is 10.4. The third-order valence-electron chi connectivity index (χ3n) is 12.7. The van der Waals surface area contributed by atoms with Gasteiger partial charge in [0.15, 0.2) is 12.8 Å². The number of ketones is 3. The SMILES string of the molecule is C.C.C.C.C.C.C.C.CC(C)C(=O)C(=O)C(C)C.CC(C)C(=O)C(C)C.CC(C)C(=S)C(C)C.CC(C)C(C(C)C)=[N+](C)O.CC(C)C(C)C(C)C.CC(C)C(C)C(C)C.CC(C)ON(C)C(C)C.COC(OC)(C(C)C)C(C)C. The van der Waals surface area contributed by atoms with Crippen molar-refractivity contribution in [1.82, 2.24) is 5.06 Å². The number of Topliss-reactive ketones (excluding diaryl/α,β-unsaturated/α-hetero) is 3. The Morgan fingerprint density at radius 2 is 0.637 bits per heavy atom. The maximum absolute atomic E-state index is 10.9. The van der Waals surface area contributed by atoms with Gasteiger partial charge in [0.05, 0.1) is 6.10 Å². The zero-order valence-corrected chi connectivity index (χ0v) is 56.4. The predicted molar refractivity (Wildman–Crippen MR) is 376 cm³/mol. The summed E-state index contributed by atoms with van der Waals surface area (Å²) in [7, 11) is 7.02. The Balaban J connectivity index is -0.0000000413. The van der Waals surface area contributed by atoms with Crippen molar-refractivity contribution in [2.24, 2.45) is 94.7 Å². The van der Waals surface area contributed by atoms with E-state index in [1.165, 1.54) is 9.60 Å². The second-order valence-corrected chi connectivity index (χ2v) is 25.1. The Morgan fingerprint density at radius 1 is 0.412 bits per heavy atom. The number of hydrogen-bond donors (Lipinski definition) is 1. The van der Waals surface area contributed by atoms with Gasteiger partial charge < -0.3 is 9.47 Å². The van der Waals surface area contributed by atoms with E-state index in [-0.39, 0.29) is 101 Å². The third-order valence-corrected chi connectivity index (χ3v) is 13.6. The Kier molecular flexibility index (Phi) is 100. The quantitative estimate of drug-likeness (QED) is 0.0243. The first-order valence-corrected chi connectivity index (χ1v) is 28.5. The number of carbonyl (C=O) groups is 3. The standard InChI is InChI=1S/C9H20O2.C8H18NO.C8H14O2.2C8H18.C7H17NO.C7H14O.C7H14S.8CH4/c1-7(2)9(10-5,11-6)8(3)4;1-6(2)8(7(3)4)9(5)10;1-5(2)7(9)8(10)6(3)4;2*1-6(2)8(5)7(3)4;1-6(2)8(5)9-7(3)4;2*1-5(2)7(8)6(3)4;;;;;;;;/h7-8H,1-6H3;6-7,10H,1-5H3;5-6H,1-4H3;2*6-8H,1-5H3;6-7H,1-5H3;2*5-6H,1-4H3;8*1H4/q;+1;;;;;;;;;;;;;;. The number of ether oxygens (including phenoxy) is 2. The summed E-state index contributed by atoms with van der Waals surface area (Å²) in [6.07, 6.45) is 0.289. The third kappa shape index (κ3) is 67.2. The van der Waals surface area contributed by atoms with Crippen LogP contribution in [-0.4, -0.2) is 89.2 Å². The molecule has 0 radical (unpaired) electrons. The van der Waals surface area contributed by atoms with E-state index in [1.54, 1.807) is 49.0 Å². The van der Waals surface area contributed by atoms with Crippen LogP contribution < -0.4 is 0 Å². The molecule has 0 aromatic rings. The Bertz CT molecular complexity index is 1220. The molecule has 0 spiro atoms. The highest BCUT2D eigenvalue weighted by Crippen LogP contribution is 2.30. The lowest BCUT2D eigenvalue weighted by molar-refractivity contribution is -0.757. The summed E-state index contributed by atoms with van der Waals surface area (Å²) >= 11 is 5.10. The van der Waals surface area contributed by atoms with Crippen LogP contribution in [0.3, 0.4) is 0 Å². The molecule has 0 bridgehead atoms. The van der Waals surface area contributed by atoms with E-state index in [2.05, 4.69) is 166 Å². The summed E-state index contributed by atoms with van der Waals surface area (Å²) in [6, 6.07) is 0.465. The van der Waals surface area contributed by atoms with Crippen molar-refractivity contribution >= 4 is 40.1 Å². The Morgan fingerprint density at radius 3 is 0.662 bits per heavy atom. The van der Waals surface area contributed by atoms with Crippen molar-refractivity contribution in [3.8, 4) is 0 Å². The van der Waals surface area contributed by atoms with E-state index in [0.717, 1.165) is 41.2 Å². The molecule has 9 nitrogen and oxygen atoms in total. The van der Waals surface area contributed by atoms with E-state index in [4.69, 9.17) is 31.7 Å². The van der Waals surface area contributed by atoms with Crippen LogP contribution >= 0.6 is 12.2 Å². The topological polar surface area (TPSA) is 105 Å². The molecular weight excluding hydrogens is 1010 g/mol. The molecule has 10 heteroatoms. The minimum atomic E-state index is -0.417. The van der Waals surface area contributed by atoms with Crippen LogP contribution in [0.2, 0.25) is 0 Å². The summed E-state index contributed by atoms with van der Waals surface area (Å²) in [5, 5.41) is 11.0. The van der Waals surface area contributed by atoms with Crippen molar-refractivity contribution in [1.29, 1.82) is 0 Å². The van der Waals surface area contributed by atoms with Crippen LogP contribution in [0.15, 0.2) is 0 Å². The van der Waals surface area contributed by atoms with E-state index in [1.807, 2.05) is 53.7 Å². The predicted octanol–water partition coefficient (Wildman–Crippen LogP) is 22.7. The molecule has 0 aromatic heterocycles. The average molecular weight is 1180 g/mol. The van der Waals surface area contributed by atoms with Crippen molar-refractivity contribution < 1.29 is 38.6 Å². The minimum absolute atomic E-state index is 0. The van der Waals surface area contributed by atoms with Gasteiger partial charge in [-0.2, -0.15) is 5.06 Å². The molecule has 1 N–H and O–H groups in total. The van der Waals surface area contributed by atoms with Crippen LogP contribution in [0.4, 0.5) is 0 Å². The number of thiocarbonyl (C=S) groups is 1. The number of carbonyl (C=O) groups excluding carboxylic acids is 3. The molecular formula is C70H165N2O7S+. The second-order valence-electron chi connectivity index (χ2n) is 24.6. The van der Waals surface area contributed by atoms with E-state index in [9.17, 15) is 14.4 Å². The van der Waals surface area contributed by atoms with E-state index in [0.29, 0.717) is 47.3 Å². The number of hydrogen-bond acceptors (Lipinski definition) is 9. The van der Waals surface area contributed by atoms with Crippen LogP contribution in [0.25, 0.3) is 0 Å². The van der Waals surface area contributed by atoms with Gasteiger partial charge in [-0.25, -0.2) is 0 Å². The Labute approximate surface area is 517 Å². The lowest BCUT2D eigenvalue weighted by Gasteiger charge is -2.38. The fourth-order valence-corrected chi connectivity index (χ4v) is 7.00. The van der Waals surface area contributed by atoms with Crippen molar-refractivity contribution in [3.63, 3.8) is 0 Å². The first-order valence-electron chi connectivity index (χ1n) is 28.1. The monoisotopic (exact) mass is 1180 g/mol. The molecule has 80 heavy (non-hydrogen) atoms. The molecule has 0 amide bonds. The smallest absolute Gasteiger partial charge is 0.208 e. The maximum Gasteiger partial charge on any atom is 0.208 e. The summed E-state index contributed by atoms with van der Waals surface area (Å²) < 4.78 is 12.0. The zero-order chi connectivity index (χ0) is 60.1.